The molecule has 8 heteroatoms. The smallest absolute Gasteiger partial charge is 0.242 e. The van der Waals surface area contributed by atoms with Gasteiger partial charge in [0.1, 0.15) is 11.8 Å². The number of nitrogens with zero attached hydrogens (tertiary/aromatic N) is 2. The van der Waals surface area contributed by atoms with Gasteiger partial charge in [0.15, 0.2) is 0 Å². The Morgan fingerprint density at radius 2 is 1.68 bits per heavy atom. The van der Waals surface area contributed by atoms with Crippen molar-refractivity contribution in [1.82, 2.24) is 15.1 Å². The molecular formula is C26H35N3O5. The molecule has 0 spiro atoms. The van der Waals surface area contributed by atoms with Gasteiger partial charge in [0, 0.05) is 25.6 Å². The van der Waals surface area contributed by atoms with E-state index in [-0.39, 0.29) is 61.0 Å². The van der Waals surface area contributed by atoms with Crippen LogP contribution < -0.4 is 10.1 Å². The molecule has 1 aromatic carbocycles. The van der Waals surface area contributed by atoms with E-state index in [4.69, 9.17) is 4.74 Å². The van der Waals surface area contributed by atoms with Crippen LogP contribution >= 0.6 is 0 Å². The Kier molecular flexibility index (Phi) is 8.47. The molecule has 8 nitrogen and oxygen atoms in total. The fourth-order valence-corrected chi connectivity index (χ4v) is 4.42. The van der Waals surface area contributed by atoms with E-state index in [2.05, 4.69) is 5.32 Å². The molecule has 0 radical (unpaired) electrons. The fraction of sp³-hybridized carbons (Fsp3) is 0.538. The van der Waals surface area contributed by atoms with Gasteiger partial charge < -0.3 is 15.0 Å². The van der Waals surface area contributed by atoms with Crippen molar-refractivity contribution in [1.29, 1.82) is 0 Å². The van der Waals surface area contributed by atoms with Crippen molar-refractivity contribution in [2.45, 2.75) is 65.1 Å². The van der Waals surface area contributed by atoms with Crippen molar-refractivity contribution in [3.63, 3.8) is 0 Å². The molecule has 1 saturated heterocycles. The minimum absolute atomic E-state index is 0.00955. The average molecular weight is 470 g/mol. The highest BCUT2D eigenvalue weighted by Gasteiger charge is 2.47. The highest BCUT2D eigenvalue weighted by molar-refractivity contribution is 6.05. The van der Waals surface area contributed by atoms with E-state index < -0.39 is 6.04 Å². The molecule has 34 heavy (non-hydrogen) atoms. The van der Waals surface area contributed by atoms with Crippen LogP contribution in [0.4, 0.5) is 0 Å². The van der Waals surface area contributed by atoms with Gasteiger partial charge >= 0.3 is 0 Å². The zero-order chi connectivity index (χ0) is 24.8. The Hall–Kier alpha value is -3.16. The molecule has 1 aromatic rings. The van der Waals surface area contributed by atoms with Crippen molar-refractivity contribution in [2.75, 3.05) is 13.7 Å². The van der Waals surface area contributed by atoms with Crippen LogP contribution in [0, 0.1) is 11.8 Å². The third-order valence-electron chi connectivity index (χ3n) is 6.83. The van der Waals surface area contributed by atoms with Gasteiger partial charge in [-0.3, -0.25) is 24.1 Å². The van der Waals surface area contributed by atoms with Gasteiger partial charge in [-0.1, -0.05) is 31.2 Å². The summed E-state index contributed by atoms with van der Waals surface area (Å²) in [6.07, 6.45) is 5.76. The maximum Gasteiger partial charge on any atom is 0.242 e. The highest BCUT2D eigenvalue weighted by Crippen LogP contribution is 2.35. The van der Waals surface area contributed by atoms with E-state index in [9.17, 15) is 19.2 Å². The largest absolute Gasteiger partial charge is 0.497 e. The van der Waals surface area contributed by atoms with Crippen LogP contribution in [0.3, 0.4) is 0 Å². The van der Waals surface area contributed by atoms with Crippen molar-refractivity contribution in [3.05, 3.63) is 42.0 Å². The summed E-state index contributed by atoms with van der Waals surface area (Å²) < 4.78 is 5.20. The van der Waals surface area contributed by atoms with Gasteiger partial charge in [0.25, 0.3) is 0 Å². The van der Waals surface area contributed by atoms with Crippen molar-refractivity contribution in [2.24, 2.45) is 11.8 Å². The lowest BCUT2D eigenvalue weighted by Crippen LogP contribution is -2.50. The highest BCUT2D eigenvalue weighted by atomic mass is 16.5. The first kappa shape index (κ1) is 25.5. The number of hydrogen-bond donors (Lipinski definition) is 1. The number of methoxy groups -OCH3 is 1. The predicted molar refractivity (Wildman–Crippen MR) is 128 cm³/mol. The van der Waals surface area contributed by atoms with Crippen LogP contribution in [0.5, 0.6) is 5.75 Å². The molecule has 1 aliphatic carbocycles. The van der Waals surface area contributed by atoms with Crippen LogP contribution in [0.1, 0.15) is 52.0 Å². The number of ether oxygens (including phenoxy) is 1. The normalized spacial score (nSPS) is 21.1. The molecule has 4 atom stereocenters. The molecule has 4 amide bonds. The van der Waals surface area contributed by atoms with Gasteiger partial charge in [-0.2, -0.15) is 0 Å². The van der Waals surface area contributed by atoms with Gasteiger partial charge in [0.05, 0.1) is 18.9 Å². The molecule has 0 aromatic heterocycles. The Morgan fingerprint density at radius 3 is 2.21 bits per heavy atom. The second kappa shape index (κ2) is 11.3. The van der Waals surface area contributed by atoms with Crippen LogP contribution in [-0.2, 0) is 25.7 Å². The molecule has 1 fully saturated rings. The second-order valence-corrected chi connectivity index (χ2v) is 9.10. The number of carbonyl (C=O) groups is 4. The minimum atomic E-state index is -0.708. The zero-order valence-corrected chi connectivity index (χ0v) is 20.5. The maximum absolute atomic E-state index is 13.3. The number of rotatable bonds is 10. The van der Waals surface area contributed by atoms with E-state index in [1.165, 1.54) is 9.80 Å². The molecule has 0 saturated carbocycles. The number of carbonyl (C=O) groups excluding carboxylic acids is 4. The van der Waals surface area contributed by atoms with Gasteiger partial charge in [-0.15, -0.1) is 0 Å². The van der Waals surface area contributed by atoms with Gasteiger partial charge in [-0.25, -0.2) is 0 Å². The SMILES string of the molecule is CC[C@H](C)NC(=O)[C@H](C)N(Cc1ccc(OC)cc1)C(=O)CCN1C(=O)[C@H]2CC=CC[C@H]2C1=O. The lowest BCUT2D eigenvalue weighted by Gasteiger charge is -2.30. The van der Waals surface area contributed by atoms with Crippen molar-refractivity contribution < 1.29 is 23.9 Å². The fourth-order valence-electron chi connectivity index (χ4n) is 4.42. The zero-order valence-electron chi connectivity index (χ0n) is 20.5. The number of imide groups is 1. The van der Waals surface area contributed by atoms with E-state index in [1.54, 1.807) is 26.2 Å². The molecule has 1 heterocycles. The number of likely N-dealkylation sites (tertiary alicyclic amines) is 1. The van der Waals surface area contributed by atoms with Crippen LogP contribution in [0.25, 0.3) is 0 Å². The van der Waals surface area contributed by atoms with Gasteiger partial charge in [0.2, 0.25) is 23.6 Å². The maximum atomic E-state index is 13.3. The summed E-state index contributed by atoms with van der Waals surface area (Å²) in [5.41, 5.74) is 0.850. The number of allylic oxidation sites excluding steroid dienone is 2. The first-order chi connectivity index (χ1) is 16.3. The monoisotopic (exact) mass is 469 g/mol. The third-order valence-corrected chi connectivity index (χ3v) is 6.83. The van der Waals surface area contributed by atoms with Crippen LogP contribution in [0.15, 0.2) is 36.4 Å². The summed E-state index contributed by atoms with van der Waals surface area (Å²) >= 11 is 0. The molecule has 184 valence electrons. The van der Waals surface area contributed by atoms with Crippen LogP contribution in [0.2, 0.25) is 0 Å². The molecule has 0 unspecified atom stereocenters. The van der Waals surface area contributed by atoms with E-state index >= 15 is 0 Å². The van der Waals surface area contributed by atoms with Crippen molar-refractivity contribution >= 4 is 23.6 Å². The van der Waals surface area contributed by atoms with Crippen LogP contribution in [-0.4, -0.2) is 59.2 Å². The summed E-state index contributed by atoms with van der Waals surface area (Å²) in [6, 6.07) is 6.59. The van der Waals surface area contributed by atoms with E-state index in [1.807, 2.05) is 38.1 Å². The lowest BCUT2D eigenvalue weighted by molar-refractivity contribution is -0.143. The van der Waals surface area contributed by atoms with E-state index in [0.29, 0.717) is 18.6 Å². The topological polar surface area (TPSA) is 96.0 Å². The quantitative estimate of drug-likeness (QED) is 0.420. The molecule has 2 aliphatic rings. The Labute approximate surface area is 201 Å². The first-order valence-electron chi connectivity index (χ1n) is 12.0. The number of hydrogen-bond acceptors (Lipinski definition) is 5. The minimum Gasteiger partial charge on any atom is -0.497 e. The molecule has 1 N–H and O–H groups in total. The Bertz CT molecular complexity index is 916. The summed E-state index contributed by atoms with van der Waals surface area (Å²) in [5.74, 6) is -0.844. The molecule has 1 aliphatic heterocycles. The van der Waals surface area contributed by atoms with Crippen molar-refractivity contribution in [3.8, 4) is 5.75 Å². The summed E-state index contributed by atoms with van der Waals surface area (Å²) in [6.45, 7) is 5.86. The summed E-state index contributed by atoms with van der Waals surface area (Å²) in [4.78, 5) is 54.4. The molecule has 0 bridgehead atoms. The van der Waals surface area contributed by atoms with E-state index in [0.717, 1.165) is 12.0 Å². The molecule has 3 rings (SSSR count). The molecular weight excluding hydrogens is 434 g/mol. The number of fused-ring (bicyclic) bond motifs is 1. The standard InChI is InChI=1S/C26H35N3O5/c1-5-17(2)27-24(31)18(3)29(16-19-10-12-20(34-4)13-11-19)23(30)14-15-28-25(32)21-8-6-7-9-22(21)26(28)33/h6-7,10-13,17-18,21-22H,5,8-9,14-16H2,1-4H3,(H,27,31)/t17-,18-,21-,22+/m0/s1. The summed E-state index contributed by atoms with van der Waals surface area (Å²) in [7, 11) is 1.58. The average Bonchev–Trinajstić information content (AvgIpc) is 3.10. The summed E-state index contributed by atoms with van der Waals surface area (Å²) in [5, 5.41) is 2.94. The number of amides is 4. The first-order valence-corrected chi connectivity index (χ1v) is 12.0. The number of nitrogens with one attached hydrogen (secondary N) is 1. The Morgan fingerprint density at radius 1 is 1.09 bits per heavy atom. The Balaban J connectivity index is 1.72. The second-order valence-electron chi connectivity index (χ2n) is 9.10. The lowest BCUT2D eigenvalue weighted by atomic mass is 9.85. The third kappa shape index (κ3) is 5.66. The predicted octanol–water partition coefficient (Wildman–Crippen LogP) is 2.67. The van der Waals surface area contributed by atoms with Gasteiger partial charge in [-0.05, 0) is 50.8 Å². The number of benzene rings is 1.